The largest absolute Gasteiger partial charge is 0.386 e. The summed E-state index contributed by atoms with van der Waals surface area (Å²) in [5.74, 6) is 0. The number of halogens is 1. The van der Waals surface area contributed by atoms with E-state index in [0.717, 1.165) is 22.0 Å². The fourth-order valence-electron chi connectivity index (χ4n) is 2.37. The zero-order valence-corrected chi connectivity index (χ0v) is 12.8. The van der Waals surface area contributed by atoms with E-state index in [1.165, 1.54) is 0 Å². The van der Waals surface area contributed by atoms with Gasteiger partial charge in [0.05, 0.1) is 23.9 Å². The van der Waals surface area contributed by atoms with Crippen LogP contribution in [0.5, 0.6) is 0 Å². The first-order valence-electron chi connectivity index (χ1n) is 6.87. The normalized spacial score (nSPS) is 12.0. The van der Waals surface area contributed by atoms with Crippen LogP contribution in [0.1, 0.15) is 25.0 Å². The molecule has 0 spiro atoms. The summed E-state index contributed by atoms with van der Waals surface area (Å²) in [6, 6.07) is 13.8. The number of aliphatic hydroxyl groups is 1. The molecule has 4 heteroatoms. The van der Waals surface area contributed by atoms with Gasteiger partial charge < -0.3 is 5.11 Å². The Bertz CT molecular complexity index is 787. The fraction of sp³-hybridized carbons (Fsp3) is 0.235. The monoisotopic (exact) mass is 300 g/mol. The van der Waals surface area contributed by atoms with E-state index in [-0.39, 0.29) is 0 Å². The predicted molar refractivity (Wildman–Crippen MR) is 85.5 cm³/mol. The van der Waals surface area contributed by atoms with E-state index in [2.05, 4.69) is 5.10 Å². The average molecular weight is 301 g/mol. The van der Waals surface area contributed by atoms with Gasteiger partial charge in [0.1, 0.15) is 0 Å². The third kappa shape index (κ3) is 2.80. The molecule has 108 valence electrons. The van der Waals surface area contributed by atoms with Crippen molar-refractivity contribution in [2.75, 3.05) is 0 Å². The van der Waals surface area contributed by atoms with Crippen LogP contribution in [-0.4, -0.2) is 14.9 Å². The molecule has 0 aliphatic rings. The van der Waals surface area contributed by atoms with Crippen LogP contribution in [0.4, 0.5) is 0 Å². The Morgan fingerprint density at radius 3 is 2.67 bits per heavy atom. The van der Waals surface area contributed by atoms with Gasteiger partial charge in [0.15, 0.2) is 0 Å². The minimum Gasteiger partial charge on any atom is -0.386 e. The Hall–Kier alpha value is -1.84. The third-order valence-corrected chi connectivity index (χ3v) is 3.98. The van der Waals surface area contributed by atoms with Gasteiger partial charge in [0, 0.05) is 10.4 Å². The lowest BCUT2D eigenvalue weighted by molar-refractivity contribution is 0.0786. The quantitative estimate of drug-likeness (QED) is 0.795. The van der Waals surface area contributed by atoms with Gasteiger partial charge in [-0.3, -0.25) is 4.68 Å². The molecule has 3 aromatic rings. The Morgan fingerprint density at radius 2 is 1.95 bits per heavy atom. The summed E-state index contributed by atoms with van der Waals surface area (Å²) in [6.45, 7) is 4.11. The van der Waals surface area contributed by atoms with Crippen LogP contribution in [0.3, 0.4) is 0 Å². The van der Waals surface area contributed by atoms with Crippen LogP contribution >= 0.6 is 11.6 Å². The standard InChI is InChI=1S/C17H17ClN2O/c1-17(2,21)14-8-7-13(15(18)9-14)11-20-16-6-4-3-5-12(16)10-19-20/h3-10,21H,11H2,1-2H3. The fourth-order valence-corrected chi connectivity index (χ4v) is 2.61. The molecule has 0 atom stereocenters. The van der Waals surface area contributed by atoms with Crippen LogP contribution in [0.2, 0.25) is 5.02 Å². The van der Waals surface area contributed by atoms with Crippen molar-refractivity contribution < 1.29 is 5.11 Å². The van der Waals surface area contributed by atoms with Crippen molar-refractivity contribution in [2.45, 2.75) is 26.0 Å². The molecule has 0 aliphatic carbocycles. The van der Waals surface area contributed by atoms with E-state index >= 15 is 0 Å². The molecule has 1 heterocycles. The molecule has 0 saturated carbocycles. The SMILES string of the molecule is CC(C)(O)c1ccc(Cn2ncc3ccccc32)c(Cl)c1. The lowest BCUT2D eigenvalue weighted by Crippen LogP contribution is -2.15. The molecule has 0 aliphatic heterocycles. The van der Waals surface area contributed by atoms with Gasteiger partial charge in [0.25, 0.3) is 0 Å². The number of hydrogen-bond acceptors (Lipinski definition) is 2. The Kier molecular flexibility index (Phi) is 3.47. The molecule has 0 amide bonds. The van der Waals surface area contributed by atoms with Crippen LogP contribution in [0.25, 0.3) is 10.9 Å². The van der Waals surface area contributed by atoms with Crippen molar-refractivity contribution >= 4 is 22.5 Å². The van der Waals surface area contributed by atoms with Gasteiger partial charge in [-0.15, -0.1) is 0 Å². The molecule has 3 rings (SSSR count). The maximum atomic E-state index is 10.0. The van der Waals surface area contributed by atoms with E-state index < -0.39 is 5.60 Å². The van der Waals surface area contributed by atoms with Crippen molar-refractivity contribution in [1.82, 2.24) is 9.78 Å². The first kappa shape index (κ1) is 14.1. The third-order valence-electron chi connectivity index (χ3n) is 3.63. The molecule has 1 aromatic heterocycles. The lowest BCUT2D eigenvalue weighted by atomic mass is 9.97. The smallest absolute Gasteiger partial charge is 0.0841 e. The summed E-state index contributed by atoms with van der Waals surface area (Å²) in [4.78, 5) is 0. The summed E-state index contributed by atoms with van der Waals surface area (Å²) in [7, 11) is 0. The van der Waals surface area contributed by atoms with Gasteiger partial charge in [-0.25, -0.2) is 0 Å². The second kappa shape index (κ2) is 5.17. The first-order chi connectivity index (χ1) is 9.95. The van der Waals surface area contributed by atoms with Crippen molar-refractivity contribution in [2.24, 2.45) is 0 Å². The molecule has 21 heavy (non-hydrogen) atoms. The van der Waals surface area contributed by atoms with Gasteiger partial charge >= 0.3 is 0 Å². The number of hydrogen-bond donors (Lipinski definition) is 1. The Balaban J connectivity index is 1.95. The summed E-state index contributed by atoms with van der Waals surface area (Å²) < 4.78 is 1.93. The topological polar surface area (TPSA) is 38.0 Å². The molecule has 0 saturated heterocycles. The number of aromatic nitrogens is 2. The van der Waals surface area contributed by atoms with Gasteiger partial charge in [-0.2, -0.15) is 5.10 Å². The predicted octanol–water partition coefficient (Wildman–Crippen LogP) is 3.97. The number of para-hydroxylation sites is 1. The molecular formula is C17H17ClN2O. The van der Waals surface area contributed by atoms with Crippen molar-refractivity contribution in [3.63, 3.8) is 0 Å². The summed E-state index contributed by atoms with van der Waals surface area (Å²) in [6.07, 6.45) is 1.86. The second-order valence-electron chi connectivity index (χ2n) is 5.73. The highest BCUT2D eigenvalue weighted by atomic mass is 35.5. The molecule has 0 radical (unpaired) electrons. The highest BCUT2D eigenvalue weighted by Crippen LogP contribution is 2.26. The molecule has 1 N–H and O–H groups in total. The van der Waals surface area contributed by atoms with Crippen LogP contribution in [-0.2, 0) is 12.1 Å². The Morgan fingerprint density at radius 1 is 1.19 bits per heavy atom. The average Bonchev–Trinajstić information content (AvgIpc) is 2.83. The Labute approximate surface area is 128 Å². The number of fused-ring (bicyclic) bond motifs is 1. The summed E-state index contributed by atoms with van der Waals surface area (Å²) in [5, 5.41) is 16.2. The van der Waals surface area contributed by atoms with Crippen LogP contribution < -0.4 is 0 Å². The molecule has 0 bridgehead atoms. The van der Waals surface area contributed by atoms with E-state index in [0.29, 0.717) is 11.6 Å². The number of rotatable bonds is 3. The van der Waals surface area contributed by atoms with E-state index in [1.807, 2.05) is 53.3 Å². The van der Waals surface area contributed by atoms with Crippen molar-refractivity contribution in [3.05, 3.63) is 64.8 Å². The number of nitrogens with zero attached hydrogens (tertiary/aromatic N) is 2. The molecule has 0 fully saturated rings. The first-order valence-corrected chi connectivity index (χ1v) is 7.25. The van der Waals surface area contributed by atoms with Crippen molar-refractivity contribution in [1.29, 1.82) is 0 Å². The molecule has 3 nitrogen and oxygen atoms in total. The maximum absolute atomic E-state index is 10.0. The second-order valence-corrected chi connectivity index (χ2v) is 6.13. The van der Waals surface area contributed by atoms with E-state index in [9.17, 15) is 5.11 Å². The summed E-state index contributed by atoms with van der Waals surface area (Å²) >= 11 is 6.35. The molecule has 2 aromatic carbocycles. The van der Waals surface area contributed by atoms with Crippen LogP contribution in [0.15, 0.2) is 48.7 Å². The van der Waals surface area contributed by atoms with Crippen molar-refractivity contribution in [3.8, 4) is 0 Å². The van der Waals surface area contributed by atoms with Gasteiger partial charge in [-0.05, 0) is 37.1 Å². The number of benzene rings is 2. The highest BCUT2D eigenvalue weighted by molar-refractivity contribution is 6.31. The van der Waals surface area contributed by atoms with Crippen LogP contribution in [0, 0.1) is 0 Å². The minimum atomic E-state index is -0.888. The van der Waals surface area contributed by atoms with Gasteiger partial charge in [-0.1, -0.05) is 41.9 Å². The zero-order chi connectivity index (χ0) is 15.0. The zero-order valence-electron chi connectivity index (χ0n) is 12.0. The lowest BCUT2D eigenvalue weighted by Gasteiger charge is -2.19. The van der Waals surface area contributed by atoms with E-state index in [4.69, 9.17) is 11.6 Å². The van der Waals surface area contributed by atoms with Gasteiger partial charge in [0.2, 0.25) is 0 Å². The maximum Gasteiger partial charge on any atom is 0.0841 e. The highest BCUT2D eigenvalue weighted by Gasteiger charge is 2.17. The summed E-state index contributed by atoms with van der Waals surface area (Å²) in [5.41, 5.74) is 1.99. The molecule has 0 unspecified atom stereocenters. The minimum absolute atomic E-state index is 0.610. The molecular weight excluding hydrogens is 284 g/mol. The van der Waals surface area contributed by atoms with E-state index in [1.54, 1.807) is 13.8 Å².